The predicted octanol–water partition coefficient (Wildman–Crippen LogP) is 3.16. The maximum absolute atomic E-state index is 12.9. The zero-order valence-corrected chi connectivity index (χ0v) is 14.3. The molecule has 0 atom stereocenters. The number of nitrogens with one attached hydrogen (secondary N) is 1. The van der Waals surface area contributed by atoms with Gasteiger partial charge in [-0.3, -0.25) is 9.78 Å². The number of amides is 1. The first kappa shape index (κ1) is 17.4. The number of rotatable bonds is 4. The van der Waals surface area contributed by atoms with Gasteiger partial charge in [-0.05, 0) is 48.7 Å². The summed E-state index contributed by atoms with van der Waals surface area (Å²) in [4.78, 5) is 18.9. The van der Waals surface area contributed by atoms with Gasteiger partial charge in [0.05, 0.1) is 0 Å². The minimum Gasteiger partial charge on any atom is -0.332 e. The third-order valence-corrected chi connectivity index (χ3v) is 4.04. The molecule has 0 saturated carbocycles. The van der Waals surface area contributed by atoms with E-state index in [2.05, 4.69) is 16.4 Å². The molecule has 122 valence electrons. The molecule has 1 aromatic heterocycles. The summed E-state index contributed by atoms with van der Waals surface area (Å²) in [5, 5.41) is 3.31. The molecular weight excluding hydrogens is 310 g/mol. The lowest BCUT2D eigenvalue weighted by Gasteiger charge is -2.27. The average Bonchev–Trinajstić information content (AvgIpc) is 3.00. The van der Waals surface area contributed by atoms with E-state index in [-0.39, 0.29) is 24.4 Å². The van der Waals surface area contributed by atoms with Crippen molar-refractivity contribution in [2.75, 3.05) is 0 Å². The van der Waals surface area contributed by atoms with Crippen LogP contribution in [0, 0.1) is 0 Å². The van der Waals surface area contributed by atoms with Gasteiger partial charge in [-0.15, -0.1) is 12.4 Å². The van der Waals surface area contributed by atoms with Crippen LogP contribution in [0.25, 0.3) is 0 Å². The van der Waals surface area contributed by atoms with Gasteiger partial charge in [0.25, 0.3) is 5.91 Å². The van der Waals surface area contributed by atoms with Gasteiger partial charge in [-0.2, -0.15) is 0 Å². The fourth-order valence-corrected chi connectivity index (χ4v) is 2.77. The van der Waals surface area contributed by atoms with E-state index in [9.17, 15) is 4.79 Å². The highest BCUT2D eigenvalue weighted by Gasteiger charge is 2.21. The first-order valence-corrected chi connectivity index (χ1v) is 7.67. The van der Waals surface area contributed by atoms with Crippen molar-refractivity contribution in [2.45, 2.75) is 39.5 Å². The van der Waals surface area contributed by atoms with Gasteiger partial charge in [0.1, 0.15) is 0 Å². The molecule has 0 aliphatic carbocycles. The predicted molar refractivity (Wildman–Crippen MR) is 93.5 cm³/mol. The summed E-state index contributed by atoms with van der Waals surface area (Å²) in [5.74, 6) is 0.0774. The van der Waals surface area contributed by atoms with Crippen LogP contribution in [0.4, 0.5) is 0 Å². The van der Waals surface area contributed by atoms with E-state index in [0.29, 0.717) is 6.54 Å². The number of nitrogens with zero attached hydrogens (tertiary/aromatic N) is 2. The Kier molecular flexibility index (Phi) is 5.74. The number of carbonyl (C=O) groups is 1. The zero-order valence-electron chi connectivity index (χ0n) is 13.5. The minimum absolute atomic E-state index is 0. The maximum atomic E-state index is 12.9. The number of carbonyl (C=O) groups excluding carboxylic acids is 1. The molecule has 5 heteroatoms. The minimum atomic E-state index is 0. The van der Waals surface area contributed by atoms with Crippen LogP contribution in [0.3, 0.4) is 0 Å². The summed E-state index contributed by atoms with van der Waals surface area (Å²) in [6.07, 6.45) is 3.56. The molecule has 23 heavy (non-hydrogen) atoms. The van der Waals surface area contributed by atoms with E-state index in [0.717, 1.165) is 24.2 Å². The van der Waals surface area contributed by atoms with Gasteiger partial charge in [0.2, 0.25) is 0 Å². The number of pyridine rings is 1. The van der Waals surface area contributed by atoms with Crippen molar-refractivity contribution in [1.82, 2.24) is 15.2 Å². The number of hydrogen-bond donors (Lipinski definition) is 1. The SMILES string of the molecule is CC(C)N(Cc1cccnc1)C(=O)c1ccc2c(c1)CNC2.Cl. The molecule has 3 rings (SSSR count). The Hall–Kier alpha value is -1.91. The first-order chi connectivity index (χ1) is 10.6. The van der Waals surface area contributed by atoms with Crippen molar-refractivity contribution in [3.63, 3.8) is 0 Å². The summed E-state index contributed by atoms with van der Waals surface area (Å²) in [6, 6.07) is 10.1. The molecule has 1 N–H and O–H groups in total. The Bertz CT molecular complexity index is 673. The topological polar surface area (TPSA) is 45.2 Å². The molecule has 2 aromatic rings. The van der Waals surface area contributed by atoms with Crippen molar-refractivity contribution < 1.29 is 4.79 Å². The van der Waals surface area contributed by atoms with Gasteiger partial charge in [0, 0.05) is 43.6 Å². The standard InChI is InChI=1S/C18H21N3O.ClH/c1-13(2)21(12-14-4-3-7-19-9-14)18(22)15-5-6-16-10-20-11-17(16)8-15;/h3-9,13,20H,10-12H2,1-2H3;1H. The van der Waals surface area contributed by atoms with Crippen LogP contribution in [0.15, 0.2) is 42.7 Å². The van der Waals surface area contributed by atoms with Crippen molar-refractivity contribution in [1.29, 1.82) is 0 Å². The first-order valence-electron chi connectivity index (χ1n) is 7.67. The van der Waals surface area contributed by atoms with E-state index in [1.165, 1.54) is 11.1 Å². The molecule has 0 saturated heterocycles. The lowest BCUT2D eigenvalue weighted by Crippen LogP contribution is -2.36. The molecule has 1 aliphatic rings. The van der Waals surface area contributed by atoms with Crippen molar-refractivity contribution >= 4 is 18.3 Å². The summed E-state index contributed by atoms with van der Waals surface area (Å²) >= 11 is 0. The largest absolute Gasteiger partial charge is 0.332 e. The van der Waals surface area contributed by atoms with Crippen LogP contribution in [0.2, 0.25) is 0 Å². The molecule has 0 fully saturated rings. The van der Waals surface area contributed by atoms with Crippen LogP contribution in [0.5, 0.6) is 0 Å². The average molecular weight is 332 g/mol. The number of hydrogen-bond acceptors (Lipinski definition) is 3. The Morgan fingerprint density at radius 2 is 2.04 bits per heavy atom. The number of halogens is 1. The van der Waals surface area contributed by atoms with E-state index < -0.39 is 0 Å². The lowest BCUT2D eigenvalue weighted by molar-refractivity contribution is 0.0690. The number of fused-ring (bicyclic) bond motifs is 1. The van der Waals surface area contributed by atoms with Crippen LogP contribution < -0.4 is 5.32 Å². The molecule has 0 radical (unpaired) electrons. The van der Waals surface area contributed by atoms with E-state index in [4.69, 9.17) is 0 Å². The Morgan fingerprint density at radius 3 is 2.74 bits per heavy atom. The monoisotopic (exact) mass is 331 g/mol. The normalized spacial score (nSPS) is 12.7. The van der Waals surface area contributed by atoms with E-state index in [1.54, 1.807) is 6.20 Å². The van der Waals surface area contributed by atoms with Crippen molar-refractivity contribution in [3.05, 3.63) is 65.0 Å². The second kappa shape index (κ2) is 7.57. The van der Waals surface area contributed by atoms with Gasteiger partial charge >= 0.3 is 0 Å². The third kappa shape index (κ3) is 3.89. The molecule has 2 heterocycles. The van der Waals surface area contributed by atoms with Gasteiger partial charge in [-0.1, -0.05) is 12.1 Å². The summed E-state index contributed by atoms with van der Waals surface area (Å²) in [7, 11) is 0. The molecular formula is C18H22ClN3O. The second-order valence-electron chi connectivity index (χ2n) is 5.98. The van der Waals surface area contributed by atoms with Crippen LogP contribution in [-0.4, -0.2) is 21.8 Å². The molecule has 1 aliphatic heterocycles. The van der Waals surface area contributed by atoms with Crippen LogP contribution >= 0.6 is 12.4 Å². The second-order valence-corrected chi connectivity index (χ2v) is 5.98. The van der Waals surface area contributed by atoms with Gasteiger partial charge in [0.15, 0.2) is 0 Å². The molecule has 1 aromatic carbocycles. The summed E-state index contributed by atoms with van der Waals surface area (Å²) in [5.41, 5.74) is 4.34. The van der Waals surface area contributed by atoms with E-state index in [1.807, 2.05) is 49.2 Å². The molecule has 0 unspecified atom stereocenters. The Labute approximate surface area is 143 Å². The molecule has 4 nitrogen and oxygen atoms in total. The summed E-state index contributed by atoms with van der Waals surface area (Å²) in [6.45, 7) is 6.42. The van der Waals surface area contributed by atoms with Gasteiger partial charge in [-0.25, -0.2) is 0 Å². The quantitative estimate of drug-likeness (QED) is 0.936. The molecule has 1 amide bonds. The zero-order chi connectivity index (χ0) is 15.5. The van der Waals surface area contributed by atoms with Crippen LogP contribution in [-0.2, 0) is 19.6 Å². The lowest BCUT2D eigenvalue weighted by atomic mass is 10.0. The Balaban J connectivity index is 0.00000192. The van der Waals surface area contributed by atoms with E-state index >= 15 is 0 Å². The Morgan fingerprint density at radius 1 is 1.26 bits per heavy atom. The smallest absolute Gasteiger partial charge is 0.254 e. The highest BCUT2D eigenvalue weighted by Crippen LogP contribution is 2.19. The van der Waals surface area contributed by atoms with Crippen molar-refractivity contribution in [2.24, 2.45) is 0 Å². The highest BCUT2D eigenvalue weighted by molar-refractivity contribution is 5.94. The van der Waals surface area contributed by atoms with Crippen molar-refractivity contribution in [3.8, 4) is 0 Å². The molecule has 0 bridgehead atoms. The fourth-order valence-electron chi connectivity index (χ4n) is 2.77. The highest BCUT2D eigenvalue weighted by atomic mass is 35.5. The van der Waals surface area contributed by atoms with Gasteiger partial charge < -0.3 is 10.2 Å². The third-order valence-electron chi connectivity index (χ3n) is 4.04. The number of benzene rings is 1. The fraction of sp³-hybridized carbons (Fsp3) is 0.333. The maximum Gasteiger partial charge on any atom is 0.254 e. The van der Waals surface area contributed by atoms with Crippen LogP contribution in [0.1, 0.15) is 40.9 Å². The number of aromatic nitrogens is 1. The summed E-state index contributed by atoms with van der Waals surface area (Å²) < 4.78 is 0. The molecule has 0 spiro atoms.